The molecule has 8 heteroatoms. The Morgan fingerprint density at radius 2 is 2.00 bits per heavy atom. The number of thioether (sulfide) groups is 1. The van der Waals surface area contributed by atoms with Crippen molar-refractivity contribution in [2.45, 2.75) is 52.0 Å². The molecule has 0 aliphatic heterocycles. The molecule has 3 aromatic rings. The number of rotatable bonds is 10. The van der Waals surface area contributed by atoms with Crippen LogP contribution in [0.2, 0.25) is 0 Å². The second-order valence-corrected chi connectivity index (χ2v) is 9.05. The molecule has 1 aliphatic carbocycles. The normalized spacial score (nSPS) is 14.0. The Hall–Kier alpha value is -2.35. The van der Waals surface area contributed by atoms with Crippen molar-refractivity contribution in [2.24, 2.45) is 5.92 Å². The molecule has 1 aliphatic rings. The van der Waals surface area contributed by atoms with Crippen LogP contribution in [0.4, 0.5) is 0 Å². The molecular weight excluding hydrogens is 386 g/mol. The average Bonchev–Trinajstić information content (AvgIpc) is 3.25. The highest BCUT2D eigenvalue weighted by molar-refractivity contribution is 8.13. The molecule has 0 unspecified atom stereocenters. The second-order valence-electron chi connectivity index (χ2n) is 7.78. The smallest absolute Gasteiger partial charge is 0.272 e. The minimum Gasteiger partial charge on any atom is -0.351 e. The predicted octanol–water partition coefficient (Wildman–Crippen LogP) is 3.89. The first-order valence-electron chi connectivity index (χ1n) is 10.4. The van der Waals surface area contributed by atoms with E-state index in [4.69, 9.17) is 0 Å². The third-order valence-corrected chi connectivity index (χ3v) is 6.27. The van der Waals surface area contributed by atoms with Crippen molar-refractivity contribution < 1.29 is 9.59 Å². The van der Waals surface area contributed by atoms with Gasteiger partial charge in [0.05, 0.1) is 5.52 Å². The van der Waals surface area contributed by atoms with Crippen molar-refractivity contribution in [3.8, 4) is 0 Å². The summed E-state index contributed by atoms with van der Waals surface area (Å²) in [5.74, 6) is 1.49. The SMILES string of the molecule is CC(=O)SCCCCCCNC(=O)c1nnc2c1ccc1c2c[nH]n1CC1CC1. The Morgan fingerprint density at radius 1 is 1.17 bits per heavy atom. The molecule has 1 amide bonds. The summed E-state index contributed by atoms with van der Waals surface area (Å²) in [6.07, 6.45) is 8.62. The zero-order chi connectivity index (χ0) is 20.2. The lowest BCUT2D eigenvalue weighted by atomic mass is 10.1. The van der Waals surface area contributed by atoms with Gasteiger partial charge in [-0.25, -0.2) is 0 Å². The van der Waals surface area contributed by atoms with Gasteiger partial charge in [0, 0.05) is 42.7 Å². The predicted molar refractivity (Wildman–Crippen MR) is 116 cm³/mol. The van der Waals surface area contributed by atoms with Crippen molar-refractivity contribution in [3.05, 3.63) is 24.0 Å². The molecule has 29 heavy (non-hydrogen) atoms. The summed E-state index contributed by atoms with van der Waals surface area (Å²) in [6, 6.07) is 4.01. The molecule has 154 valence electrons. The Morgan fingerprint density at radius 3 is 2.79 bits per heavy atom. The highest BCUT2D eigenvalue weighted by atomic mass is 32.2. The maximum atomic E-state index is 12.6. The van der Waals surface area contributed by atoms with Gasteiger partial charge in [0.1, 0.15) is 5.52 Å². The lowest BCUT2D eigenvalue weighted by Crippen LogP contribution is -2.25. The van der Waals surface area contributed by atoms with Gasteiger partial charge < -0.3 is 10.4 Å². The summed E-state index contributed by atoms with van der Waals surface area (Å²) in [5, 5.41) is 16.7. The molecule has 2 heterocycles. The van der Waals surface area contributed by atoms with E-state index in [1.807, 2.05) is 12.3 Å². The molecule has 7 nitrogen and oxygen atoms in total. The van der Waals surface area contributed by atoms with Gasteiger partial charge in [0.15, 0.2) is 10.8 Å². The highest BCUT2D eigenvalue weighted by Crippen LogP contribution is 2.32. The Balaban J connectivity index is 1.32. The van der Waals surface area contributed by atoms with Crippen molar-refractivity contribution in [3.63, 3.8) is 0 Å². The molecule has 0 spiro atoms. The van der Waals surface area contributed by atoms with Gasteiger partial charge >= 0.3 is 0 Å². The largest absolute Gasteiger partial charge is 0.351 e. The summed E-state index contributed by atoms with van der Waals surface area (Å²) < 4.78 is 2.16. The van der Waals surface area contributed by atoms with Crippen LogP contribution in [0.3, 0.4) is 0 Å². The number of unbranched alkanes of at least 4 members (excludes halogenated alkanes) is 3. The van der Waals surface area contributed by atoms with E-state index in [9.17, 15) is 9.59 Å². The zero-order valence-corrected chi connectivity index (χ0v) is 17.6. The number of nitrogens with zero attached hydrogens (tertiary/aromatic N) is 3. The first-order chi connectivity index (χ1) is 14.1. The van der Waals surface area contributed by atoms with Crippen molar-refractivity contribution in [1.29, 1.82) is 0 Å². The number of amides is 1. The van der Waals surface area contributed by atoms with E-state index in [2.05, 4.69) is 31.4 Å². The number of carbonyl (C=O) groups is 2. The fourth-order valence-corrected chi connectivity index (χ4v) is 4.24. The first kappa shape index (κ1) is 19.9. The number of carbonyl (C=O) groups excluding carboxylic acids is 2. The standard InChI is InChI=1S/C21H27N5O2S/c1-14(27)29-11-5-3-2-4-10-22-21(28)20-16-8-9-18-17(19(16)24-25-20)12-23-26(18)13-15-6-7-15/h8-9,12,15,23H,2-7,10-11,13H2,1H3,(H,22,28). The topological polar surface area (TPSA) is 92.7 Å². The number of benzene rings is 1. The van der Waals surface area contributed by atoms with E-state index >= 15 is 0 Å². The van der Waals surface area contributed by atoms with Crippen LogP contribution in [0.5, 0.6) is 0 Å². The van der Waals surface area contributed by atoms with Gasteiger partial charge in [-0.15, -0.1) is 10.2 Å². The number of nitrogens with one attached hydrogen (secondary N) is 2. The number of aromatic nitrogens is 4. The molecule has 0 atom stereocenters. The van der Waals surface area contributed by atoms with Crippen molar-refractivity contribution >= 4 is 44.6 Å². The molecule has 1 aromatic carbocycles. The van der Waals surface area contributed by atoms with E-state index in [0.29, 0.717) is 12.2 Å². The molecule has 4 rings (SSSR count). The molecule has 1 saturated carbocycles. The maximum Gasteiger partial charge on any atom is 0.272 e. The van der Waals surface area contributed by atoms with E-state index < -0.39 is 0 Å². The lowest BCUT2D eigenvalue weighted by Gasteiger charge is -2.04. The molecule has 0 radical (unpaired) electrons. The van der Waals surface area contributed by atoms with Crippen LogP contribution in [0.25, 0.3) is 21.8 Å². The van der Waals surface area contributed by atoms with Crippen LogP contribution in [0.1, 0.15) is 55.9 Å². The molecule has 2 aromatic heterocycles. The fourth-order valence-electron chi connectivity index (χ4n) is 3.60. The van der Waals surface area contributed by atoms with E-state index in [1.165, 1.54) is 24.6 Å². The van der Waals surface area contributed by atoms with E-state index in [1.54, 1.807) is 6.92 Å². The number of aromatic amines is 1. The van der Waals surface area contributed by atoms with Crippen molar-refractivity contribution in [2.75, 3.05) is 12.3 Å². The number of fused-ring (bicyclic) bond motifs is 3. The van der Waals surface area contributed by atoms with Crippen LogP contribution in [-0.2, 0) is 11.3 Å². The number of H-pyrrole nitrogens is 1. The summed E-state index contributed by atoms with van der Waals surface area (Å²) >= 11 is 1.38. The van der Waals surface area contributed by atoms with Gasteiger partial charge in [0.25, 0.3) is 5.91 Å². The Bertz CT molecular complexity index is 1020. The maximum absolute atomic E-state index is 12.6. The first-order valence-corrected chi connectivity index (χ1v) is 11.4. The number of hydrogen-bond donors (Lipinski definition) is 2. The van der Waals surface area contributed by atoms with Gasteiger partial charge in [-0.2, -0.15) is 0 Å². The minimum absolute atomic E-state index is 0.166. The molecule has 0 bridgehead atoms. The minimum atomic E-state index is -0.166. The molecule has 0 saturated heterocycles. The van der Waals surface area contributed by atoms with Gasteiger partial charge in [-0.1, -0.05) is 24.6 Å². The fraction of sp³-hybridized carbons (Fsp3) is 0.524. The molecule has 2 N–H and O–H groups in total. The van der Waals surface area contributed by atoms with Crippen LogP contribution >= 0.6 is 11.8 Å². The van der Waals surface area contributed by atoms with Crippen LogP contribution in [-0.4, -0.2) is 43.3 Å². The van der Waals surface area contributed by atoms with Gasteiger partial charge in [-0.05, 0) is 43.7 Å². The third kappa shape index (κ3) is 4.80. The van der Waals surface area contributed by atoms with Crippen LogP contribution < -0.4 is 5.32 Å². The summed E-state index contributed by atoms with van der Waals surface area (Å²) in [7, 11) is 0. The number of hydrogen-bond acceptors (Lipinski definition) is 5. The zero-order valence-electron chi connectivity index (χ0n) is 16.7. The third-order valence-electron chi connectivity index (χ3n) is 5.37. The monoisotopic (exact) mass is 413 g/mol. The van der Waals surface area contributed by atoms with E-state index in [0.717, 1.165) is 65.7 Å². The quantitative estimate of drug-likeness (QED) is 0.492. The Labute approximate surface area is 174 Å². The van der Waals surface area contributed by atoms with Gasteiger partial charge in [-0.3, -0.25) is 14.3 Å². The molecular formula is C21H27N5O2S. The van der Waals surface area contributed by atoms with E-state index in [-0.39, 0.29) is 11.0 Å². The summed E-state index contributed by atoms with van der Waals surface area (Å²) in [5.41, 5.74) is 2.29. The molecule has 1 fully saturated rings. The lowest BCUT2D eigenvalue weighted by molar-refractivity contribution is -0.109. The summed E-state index contributed by atoms with van der Waals surface area (Å²) in [4.78, 5) is 23.4. The van der Waals surface area contributed by atoms with Crippen LogP contribution in [0, 0.1) is 5.92 Å². The Kier molecular flexibility index (Phi) is 6.18. The van der Waals surface area contributed by atoms with Crippen LogP contribution in [0.15, 0.2) is 18.3 Å². The second kappa shape index (κ2) is 8.98. The van der Waals surface area contributed by atoms with Crippen molar-refractivity contribution in [1.82, 2.24) is 25.3 Å². The summed E-state index contributed by atoms with van der Waals surface area (Å²) in [6.45, 7) is 3.23. The highest BCUT2D eigenvalue weighted by Gasteiger charge is 2.23. The van der Waals surface area contributed by atoms with Gasteiger partial charge in [0.2, 0.25) is 0 Å². The average molecular weight is 414 g/mol.